The fraction of sp³-hybridized carbons (Fsp3) is 0.588. The van der Waals surface area contributed by atoms with E-state index in [0.29, 0.717) is 6.61 Å². The predicted molar refractivity (Wildman–Crippen MR) is 84.4 cm³/mol. The van der Waals surface area contributed by atoms with Crippen LogP contribution in [-0.4, -0.2) is 25.1 Å². The van der Waals surface area contributed by atoms with Gasteiger partial charge in [0.05, 0.1) is 6.61 Å². The second-order valence-corrected chi connectivity index (χ2v) is 6.03. The zero-order valence-electron chi connectivity index (χ0n) is 13.2. The van der Waals surface area contributed by atoms with Crippen molar-refractivity contribution in [3.8, 4) is 5.75 Å². The average Bonchev–Trinajstić information content (AvgIpc) is 2.86. The van der Waals surface area contributed by atoms with Crippen LogP contribution < -0.4 is 15.8 Å². The highest BCUT2D eigenvalue weighted by Gasteiger charge is 2.46. The van der Waals surface area contributed by atoms with E-state index < -0.39 is 5.54 Å². The number of ether oxygens (including phenoxy) is 1. The van der Waals surface area contributed by atoms with E-state index in [0.717, 1.165) is 42.6 Å². The number of hydrogen-bond donors (Lipinski definition) is 2. The van der Waals surface area contributed by atoms with Gasteiger partial charge in [0.1, 0.15) is 11.3 Å². The van der Waals surface area contributed by atoms with Gasteiger partial charge in [0.2, 0.25) is 5.91 Å². The van der Waals surface area contributed by atoms with E-state index in [-0.39, 0.29) is 11.8 Å². The van der Waals surface area contributed by atoms with Crippen molar-refractivity contribution >= 4 is 5.91 Å². The number of carbonyl (C=O) groups excluding carboxylic acids is 1. The first-order chi connectivity index (χ1) is 10.0. The minimum absolute atomic E-state index is 0.237. The number of benzene rings is 1. The summed E-state index contributed by atoms with van der Waals surface area (Å²) in [6.07, 6.45) is 3.74. The summed E-state index contributed by atoms with van der Waals surface area (Å²) in [5.74, 6) is 0.980. The van der Waals surface area contributed by atoms with Gasteiger partial charge >= 0.3 is 0 Å². The van der Waals surface area contributed by atoms with Crippen LogP contribution in [0.25, 0.3) is 0 Å². The first-order valence-corrected chi connectivity index (χ1v) is 7.69. The van der Waals surface area contributed by atoms with Crippen LogP contribution in [0.4, 0.5) is 0 Å². The maximum absolute atomic E-state index is 11.8. The lowest BCUT2D eigenvalue weighted by atomic mass is 9.84. The van der Waals surface area contributed by atoms with E-state index in [1.807, 2.05) is 13.1 Å². The molecule has 2 unspecified atom stereocenters. The van der Waals surface area contributed by atoms with Crippen LogP contribution in [-0.2, 0) is 4.79 Å². The van der Waals surface area contributed by atoms with Crippen molar-refractivity contribution in [2.24, 2.45) is 11.7 Å². The van der Waals surface area contributed by atoms with Crippen molar-refractivity contribution in [2.45, 2.75) is 45.1 Å². The molecule has 0 aromatic heterocycles. The van der Waals surface area contributed by atoms with E-state index in [1.165, 1.54) is 0 Å². The molecular weight excluding hydrogens is 264 g/mol. The number of hydrogen-bond acceptors (Lipinski definition) is 3. The summed E-state index contributed by atoms with van der Waals surface area (Å²) in [5, 5.41) is 3.17. The third-order valence-electron chi connectivity index (χ3n) is 4.83. The Kier molecular flexibility index (Phi) is 4.88. The highest BCUT2D eigenvalue weighted by molar-refractivity contribution is 5.85. The Bertz CT molecular complexity index is 495. The number of primary amides is 1. The number of likely N-dealkylation sites (N-methyl/N-ethyl adjacent to an activating group) is 1. The van der Waals surface area contributed by atoms with Crippen molar-refractivity contribution in [1.82, 2.24) is 5.32 Å². The van der Waals surface area contributed by atoms with Crippen LogP contribution in [0.2, 0.25) is 0 Å². The molecular formula is C17H26N2O2. The number of rotatable bonds is 6. The van der Waals surface area contributed by atoms with Gasteiger partial charge in [0.15, 0.2) is 0 Å². The van der Waals surface area contributed by atoms with E-state index in [4.69, 9.17) is 10.5 Å². The highest BCUT2D eigenvalue weighted by Crippen LogP contribution is 2.37. The standard InChI is InChI=1S/C17H26N2O2/c1-12-6-4-7-13(2)15(12)21-11-9-14-8-5-10-17(14,19-3)16(18)20/h4,6-7,14,19H,5,8-11H2,1-3H3,(H2,18,20). The minimum Gasteiger partial charge on any atom is -0.493 e. The van der Waals surface area contributed by atoms with Crippen LogP contribution in [0.5, 0.6) is 5.75 Å². The Balaban J connectivity index is 1.98. The molecule has 0 heterocycles. The van der Waals surface area contributed by atoms with E-state index in [9.17, 15) is 4.79 Å². The van der Waals surface area contributed by atoms with Gasteiger partial charge in [-0.05, 0) is 57.2 Å². The maximum Gasteiger partial charge on any atom is 0.238 e. The molecule has 2 atom stereocenters. The smallest absolute Gasteiger partial charge is 0.238 e. The molecule has 1 aromatic rings. The SMILES string of the molecule is CNC1(C(N)=O)CCCC1CCOc1c(C)cccc1C. The molecule has 1 amide bonds. The summed E-state index contributed by atoms with van der Waals surface area (Å²) in [6.45, 7) is 4.73. The van der Waals surface area contributed by atoms with Gasteiger partial charge < -0.3 is 15.8 Å². The topological polar surface area (TPSA) is 64.3 Å². The number of amides is 1. The molecule has 1 aromatic carbocycles. The molecule has 1 aliphatic rings. The third-order valence-corrected chi connectivity index (χ3v) is 4.83. The first kappa shape index (κ1) is 15.8. The van der Waals surface area contributed by atoms with E-state index >= 15 is 0 Å². The summed E-state index contributed by atoms with van der Waals surface area (Å²) in [6, 6.07) is 6.14. The normalized spacial score (nSPS) is 25.0. The molecule has 1 fully saturated rings. The molecule has 0 spiro atoms. The van der Waals surface area contributed by atoms with Gasteiger partial charge in [-0.2, -0.15) is 0 Å². The van der Waals surface area contributed by atoms with Gasteiger partial charge in [-0.15, -0.1) is 0 Å². The minimum atomic E-state index is -0.551. The molecule has 0 radical (unpaired) electrons. The Morgan fingerprint density at radius 3 is 2.67 bits per heavy atom. The summed E-state index contributed by atoms with van der Waals surface area (Å²) in [4.78, 5) is 11.8. The van der Waals surface area contributed by atoms with Crippen LogP contribution in [0.3, 0.4) is 0 Å². The van der Waals surface area contributed by atoms with Gasteiger partial charge in [-0.25, -0.2) is 0 Å². The van der Waals surface area contributed by atoms with Crippen LogP contribution >= 0.6 is 0 Å². The molecule has 0 bridgehead atoms. The maximum atomic E-state index is 11.8. The van der Waals surface area contributed by atoms with Crippen molar-refractivity contribution < 1.29 is 9.53 Å². The molecule has 21 heavy (non-hydrogen) atoms. The molecule has 1 saturated carbocycles. The number of para-hydroxylation sites is 1. The Labute approximate surface area is 127 Å². The summed E-state index contributed by atoms with van der Waals surface area (Å²) >= 11 is 0. The molecule has 1 aliphatic carbocycles. The number of nitrogens with one attached hydrogen (secondary N) is 1. The average molecular weight is 290 g/mol. The molecule has 4 heteroatoms. The van der Waals surface area contributed by atoms with Gasteiger partial charge in [-0.1, -0.05) is 24.6 Å². The number of nitrogens with two attached hydrogens (primary N) is 1. The number of carbonyl (C=O) groups is 1. The van der Waals surface area contributed by atoms with Crippen LogP contribution in [0.1, 0.15) is 36.8 Å². The van der Waals surface area contributed by atoms with Crippen molar-refractivity contribution in [3.05, 3.63) is 29.3 Å². The third kappa shape index (κ3) is 3.05. The van der Waals surface area contributed by atoms with E-state index in [1.54, 1.807) is 0 Å². The second kappa shape index (κ2) is 6.48. The van der Waals surface area contributed by atoms with Crippen LogP contribution in [0, 0.1) is 19.8 Å². The quantitative estimate of drug-likeness (QED) is 0.845. The predicted octanol–water partition coefficient (Wildman–Crippen LogP) is 2.32. The molecule has 116 valence electrons. The van der Waals surface area contributed by atoms with Gasteiger partial charge in [0.25, 0.3) is 0 Å². The molecule has 2 rings (SSSR count). The second-order valence-electron chi connectivity index (χ2n) is 6.03. The van der Waals surface area contributed by atoms with Crippen LogP contribution in [0.15, 0.2) is 18.2 Å². The fourth-order valence-electron chi connectivity index (χ4n) is 3.58. The number of aryl methyl sites for hydroxylation is 2. The molecule has 3 N–H and O–H groups in total. The zero-order chi connectivity index (χ0) is 15.5. The monoisotopic (exact) mass is 290 g/mol. The first-order valence-electron chi connectivity index (χ1n) is 7.69. The highest BCUT2D eigenvalue weighted by atomic mass is 16.5. The van der Waals surface area contributed by atoms with Gasteiger partial charge in [0, 0.05) is 0 Å². The summed E-state index contributed by atoms with van der Waals surface area (Å²) < 4.78 is 5.97. The Morgan fingerprint density at radius 2 is 2.10 bits per heavy atom. The van der Waals surface area contributed by atoms with E-state index in [2.05, 4.69) is 31.3 Å². The fourth-order valence-corrected chi connectivity index (χ4v) is 3.58. The molecule has 4 nitrogen and oxygen atoms in total. The summed E-state index contributed by atoms with van der Waals surface area (Å²) in [7, 11) is 1.83. The van der Waals surface area contributed by atoms with Crippen molar-refractivity contribution in [3.63, 3.8) is 0 Å². The lowest BCUT2D eigenvalue weighted by molar-refractivity contribution is -0.125. The molecule has 0 saturated heterocycles. The summed E-state index contributed by atoms with van der Waals surface area (Å²) in [5.41, 5.74) is 7.37. The Morgan fingerprint density at radius 1 is 1.43 bits per heavy atom. The lowest BCUT2D eigenvalue weighted by Gasteiger charge is -2.32. The van der Waals surface area contributed by atoms with Gasteiger partial charge in [-0.3, -0.25) is 4.79 Å². The zero-order valence-corrected chi connectivity index (χ0v) is 13.2. The van der Waals surface area contributed by atoms with Crippen molar-refractivity contribution in [2.75, 3.05) is 13.7 Å². The Hall–Kier alpha value is -1.55. The molecule has 0 aliphatic heterocycles. The lowest BCUT2D eigenvalue weighted by Crippen LogP contribution is -2.56. The largest absolute Gasteiger partial charge is 0.493 e. The van der Waals surface area contributed by atoms with Crippen molar-refractivity contribution in [1.29, 1.82) is 0 Å².